The van der Waals surface area contributed by atoms with Crippen LogP contribution in [0.3, 0.4) is 0 Å². The molecule has 1 atom stereocenters. The summed E-state index contributed by atoms with van der Waals surface area (Å²) in [5.74, 6) is -0.488. The van der Waals surface area contributed by atoms with Crippen LogP contribution in [-0.2, 0) is 26.0 Å². The van der Waals surface area contributed by atoms with Crippen molar-refractivity contribution in [3.8, 4) is 5.75 Å². The van der Waals surface area contributed by atoms with Crippen molar-refractivity contribution in [2.75, 3.05) is 24.0 Å². The molecule has 3 rings (SSSR count). The highest BCUT2D eigenvalue weighted by Gasteiger charge is 2.35. The summed E-state index contributed by atoms with van der Waals surface area (Å²) >= 11 is 6.04. The number of nitrogens with zero attached hydrogens (tertiary/aromatic N) is 2. The van der Waals surface area contributed by atoms with Crippen LogP contribution in [0.2, 0.25) is 5.02 Å². The van der Waals surface area contributed by atoms with Gasteiger partial charge in [-0.1, -0.05) is 61.0 Å². The Kier molecular flexibility index (Phi) is 11.4. The molecule has 0 radical (unpaired) electrons. The van der Waals surface area contributed by atoms with Crippen LogP contribution < -0.4 is 14.4 Å². The third-order valence-corrected chi connectivity index (χ3v) is 8.51. The minimum Gasteiger partial charge on any atom is -0.492 e. The Hall–Kier alpha value is -3.56. The van der Waals surface area contributed by atoms with Gasteiger partial charge in [0.2, 0.25) is 11.8 Å². The number of benzene rings is 3. The van der Waals surface area contributed by atoms with Crippen LogP contribution in [0.4, 0.5) is 5.69 Å². The fourth-order valence-corrected chi connectivity index (χ4v) is 6.09. The lowest BCUT2D eigenvalue weighted by Crippen LogP contribution is -2.56. The van der Waals surface area contributed by atoms with E-state index in [1.807, 2.05) is 58.0 Å². The van der Waals surface area contributed by atoms with Crippen LogP contribution in [0.15, 0.2) is 83.8 Å². The molecule has 0 aromatic heterocycles. The average Bonchev–Trinajstić information content (AvgIpc) is 2.94. The van der Waals surface area contributed by atoms with Crippen molar-refractivity contribution in [1.82, 2.24) is 10.2 Å². The maximum absolute atomic E-state index is 14.2. The highest BCUT2D eigenvalue weighted by Crippen LogP contribution is 2.33. The molecule has 10 heteroatoms. The van der Waals surface area contributed by atoms with Crippen LogP contribution in [0.25, 0.3) is 0 Å². The van der Waals surface area contributed by atoms with Gasteiger partial charge >= 0.3 is 0 Å². The Morgan fingerprint density at radius 2 is 1.55 bits per heavy atom. The number of anilines is 1. The summed E-state index contributed by atoms with van der Waals surface area (Å²) in [5.41, 5.74) is 0.700. The molecule has 0 aliphatic rings. The number of carbonyl (C=O) groups is 2. The number of rotatable bonds is 13. The molecule has 0 saturated heterocycles. The number of hydrogen-bond acceptors (Lipinski definition) is 5. The second kappa shape index (κ2) is 14.6. The Balaban J connectivity index is 2.07. The van der Waals surface area contributed by atoms with Gasteiger partial charge in [-0.25, -0.2) is 8.42 Å². The zero-order valence-corrected chi connectivity index (χ0v) is 26.4. The van der Waals surface area contributed by atoms with Gasteiger partial charge in [0.05, 0.1) is 17.2 Å². The Bertz CT molecular complexity index is 1440. The first-order chi connectivity index (χ1) is 19.9. The summed E-state index contributed by atoms with van der Waals surface area (Å²) in [6.07, 6.45) is 0.841. The standard InChI is InChI=1S/C32H40ClN3O5S/c1-6-27(31(38)34-32(3,4)5)35(22-21-24-13-9-8-10-14-24)30(37)23-36(28-15-11-12-16-29(28)41-7-2)42(39,40)26-19-17-25(33)18-20-26/h8-20,27H,6-7,21-23H2,1-5H3,(H,34,38)/t27-/m1/s1. The van der Waals surface area contributed by atoms with Gasteiger partial charge in [0.25, 0.3) is 10.0 Å². The molecular weight excluding hydrogens is 574 g/mol. The third kappa shape index (κ3) is 8.72. The van der Waals surface area contributed by atoms with Crippen LogP contribution >= 0.6 is 11.6 Å². The van der Waals surface area contributed by atoms with Crippen molar-refractivity contribution < 1.29 is 22.7 Å². The SMILES string of the molecule is CCOc1ccccc1N(CC(=O)N(CCc1ccccc1)[C@H](CC)C(=O)NC(C)(C)C)S(=O)(=O)c1ccc(Cl)cc1. The second-order valence-corrected chi connectivity index (χ2v) is 13.2. The number of ether oxygens (including phenoxy) is 1. The number of nitrogens with one attached hydrogen (secondary N) is 1. The maximum Gasteiger partial charge on any atom is 0.264 e. The van der Waals surface area contributed by atoms with E-state index in [0.29, 0.717) is 30.2 Å². The first-order valence-corrected chi connectivity index (χ1v) is 15.8. The van der Waals surface area contributed by atoms with Crippen LogP contribution in [0.1, 0.15) is 46.6 Å². The predicted octanol–water partition coefficient (Wildman–Crippen LogP) is 5.70. The summed E-state index contributed by atoms with van der Waals surface area (Å²) in [4.78, 5) is 29.1. The lowest BCUT2D eigenvalue weighted by atomic mass is 10.1. The average molecular weight is 614 g/mol. The molecule has 0 heterocycles. The smallest absolute Gasteiger partial charge is 0.264 e. The molecule has 8 nitrogen and oxygen atoms in total. The van der Waals surface area contributed by atoms with Crippen LogP contribution in [0.5, 0.6) is 5.75 Å². The van der Waals surface area contributed by atoms with Crippen molar-refractivity contribution >= 4 is 39.1 Å². The van der Waals surface area contributed by atoms with E-state index in [4.69, 9.17) is 16.3 Å². The number of halogens is 1. The zero-order valence-electron chi connectivity index (χ0n) is 24.8. The Morgan fingerprint density at radius 1 is 0.929 bits per heavy atom. The molecule has 3 aromatic rings. The number of amides is 2. The van der Waals surface area contributed by atoms with Gasteiger partial charge in [0.1, 0.15) is 18.3 Å². The quantitative estimate of drug-likeness (QED) is 0.267. The number of hydrogen-bond donors (Lipinski definition) is 1. The molecule has 0 bridgehead atoms. The molecular formula is C32H40ClN3O5S. The molecule has 1 N–H and O–H groups in total. The van der Waals surface area contributed by atoms with Gasteiger partial charge in [0.15, 0.2) is 0 Å². The van der Waals surface area contributed by atoms with Crippen molar-refractivity contribution in [1.29, 1.82) is 0 Å². The minimum atomic E-state index is -4.24. The van der Waals surface area contributed by atoms with Gasteiger partial charge in [-0.3, -0.25) is 13.9 Å². The summed E-state index contributed by atoms with van der Waals surface area (Å²) in [7, 11) is -4.24. The summed E-state index contributed by atoms with van der Waals surface area (Å²) in [6.45, 7) is 9.24. The minimum absolute atomic E-state index is 0.0284. The van der Waals surface area contributed by atoms with Crippen molar-refractivity contribution in [2.24, 2.45) is 0 Å². The summed E-state index contributed by atoms with van der Waals surface area (Å²) in [6, 6.07) is 21.3. The molecule has 2 amide bonds. The van der Waals surface area contributed by atoms with Gasteiger partial charge in [-0.15, -0.1) is 0 Å². The Morgan fingerprint density at radius 3 is 2.14 bits per heavy atom. The monoisotopic (exact) mass is 613 g/mol. The van der Waals surface area contributed by atoms with E-state index < -0.39 is 34.1 Å². The van der Waals surface area contributed by atoms with E-state index in [-0.39, 0.29) is 23.0 Å². The first kappa shape index (κ1) is 32.9. The molecule has 0 aliphatic heterocycles. The van der Waals surface area contributed by atoms with Crippen molar-refractivity contribution in [2.45, 2.75) is 63.9 Å². The highest BCUT2D eigenvalue weighted by molar-refractivity contribution is 7.92. The van der Waals surface area contributed by atoms with Gasteiger partial charge < -0.3 is 15.0 Å². The number of carbonyl (C=O) groups excluding carboxylic acids is 2. The van der Waals surface area contributed by atoms with E-state index in [1.165, 1.54) is 29.2 Å². The first-order valence-electron chi connectivity index (χ1n) is 14.0. The van der Waals surface area contributed by atoms with Crippen LogP contribution in [-0.4, -0.2) is 56.4 Å². The molecule has 0 unspecified atom stereocenters. The number of para-hydroxylation sites is 2. The third-order valence-electron chi connectivity index (χ3n) is 6.48. The van der Waals surface area contributed by atoms with E-state index >= 15 is 0 Å². The molecule has 0 saturated carbocycles. The van der Waals surface area contributed by atoms with Crippen LogP contribution in [0, 0.1) is 0 Å². The normalized spacial score (nSPS) is 12.3. The van der Waals surface area contributed by atoms with Gasteiger partial charge in [-0.2, -0.15) is 0 Å². The summed E-state index contributed by atoms with van der Waals surface area (Å²) < 4.78 is 35.0. The molecule has 3 aromatic carbocycles. The lowest BCUT2D eigenvalue weighted by molar-refractivity contribution is -0.140. The maximum atomic E-state index is 14.2. The largest absolute Gasteiger partial charge is 0.492 e. The lowest BCUT2D eigenvalue weighted by Gasteiger charge is -2.35. The number of sulfonamides is 1. The van der Waals surface area contributed by atoms with Gasteiger partial charge in [0, 0.05) is 17.1 Å². The van der Waals surface area contributed by atoms with E-state index in [2.05, 4.69) is 5.32 Å². The molecule has 0 aliphatic carbocycles. The zero-order chi connectivity index (χ0) is 30.9. The Labute approximate surface area is 254 Å². The van der Waals surface area contributed by atoms with E-state index in [9.17, 15) is 18.0 Å². The predicted molar refractivity (Wildman–Crippen MR) is 167 cm³/mol. The van der Waals surface area contributed by atoms with Gasteiger partial charge in [-0.05, 0) is 82.5 Å². The molecule has 42 heavy (non-hydrogen) atoms. The van der Waals surface area contributed by atoms with E-state index in [0.717, 1.165) is 9.87 Å². The fourth-order valence-electron chi connectivity index (χ4n) is 4.54. The fraction of sp³-hybridized carbons (Fsp3) is 0.375. The molecule has 0 fully saturated rings. The van der Waals surface area contributed by atoms with Crippen molar-refractivity contribution in [3.63, 3.8) is 0 Å². The highest BCUT2D eigenvalue weighted by atomic mass is 35.5. The molecule has 226 valence electrons. The van der Waals surface area contributed by atoms with Crippen molar-refractivity contribution in [3.05, 3.63) is 89.4 Å². The molecule has 0 spiro atoms. The van der Waals surface area contributed by atoms with E-state index in [1.54, 1.807) is 31.2 Å². The topological polar surface area (TPSA) is 96.0 Å². The second-order valence-electron chi connectivity index (χ2n) is 10.9. The summed E-state index contributed by atoms with van der Waals surface area (Å²) in [5, 5.41) is 3.36.